The Morgan fingerprint density at radius 2 is 2.25 bits per heavy atom. The Hall–Kier alpha value is -2.34. The molecule has 1 aliphatic heterocycles. The second kappa shape index (κ2) is 5.34. The van der Waals surface area contributed by atoms with Gasteiger partial charge in [0.1, 0.15) is 16.9 Å². The van der Waals surface area contributed by atoms with Gasteiger partial charge in [-0.1, -0.05) is 6.07 Å². The third kappa shape index (κ3) is 2.29. The van der Waals surface area contributed by atoms with Crippen LogP contribution >= 0.6 is 0 Å². The lowest BCUT2D eigenvalue weighted by Gasteiger charge is -2.24. The molecule has 1 saturated heterocycles. The Bertz CT molecular complexity index is 837. The van der Waals surface area contributed by atoms with Crippen molar-refractivity contribution in [3.8, 4) is 0 Å². The van der Waals surface area contributed by atoms with E-state index in [1.165, 1.54) is 18.4 Å². The van der Waals surface area contributed by atoms with Crippen molar-refractivity contribution in [1.82, 2.24) is 10.6 Å². The number of carbonyl (C=O) groups is 2. The summed E-state index contributed by atoms with van der Waals surface area (Å²) in [5.74, 6) is 0.361. The van der Waals surface area contributed by atoms with Crippen LogP contribution in [-0.2, 0) is 4.79 Å². The molecule has 2 fully saturated rings. The van der Waals surface area contributed by atoms with Gasteiger partial charge in [0.05, 0.1) is 12.2 Å². The molecular weight excluding hydrogens is 308 g/mol. The summed E-state index contributed by atoms with van der Waals surface area (Å²) in [6, 6.07) is 5.96. The van der Waals surface area contributed by atoms with Gasteiger partial charge in [-0.15, -0.1) is 0 Å². The summed E-state index contributed by atoms with van der Waals surface area (Å²) in [5.41, 5.74) is 1.07. The van der Waals surface area contributed by atoms with E-state index in [0.717, 1.165) is 5.39 Å². The van der Waals surface area contributed by atoms with Gasteiger partial charge in [-0.2, -0.15) is 0 Å². The summed E-state index contributed by atoms with van der Waals surface area (Å²) in [4.78, 5) is 24.9. The molecule has 2 heterocycles. The topological polar surface area (TPSA) is 91.6 Å². The van der Waals surface area contributed by atoms with Crippen molar-refractivity contribution in [3.05, 3.63) is 35.1 Å². The largest absolute Gasteiger partial charge is 0.461 e. The number of fused-ring (bicyclic) bond motifs is 1. The fraction of sp³-hybridized carbons (Fsp3) is 0.444. The van der Waals surface area contributed by atoms with Gasteiger partial charge in [-0.25, -0.2) is 0 Å². The van der Waals surface area contributed by atoms with E-state index in [9.17, 15) is 14.7 Å². The summed E-state index contributed by atoms with van der Waals surface area (Å²) >= 11 is 0. The van der Waals surface area contributed by atoms with Crippen LogP contribution in [0, 0.1) is 6.92 Å². The van der Waals surface area contributed by atoms with Gasteiger partial charge in [-0.05, 0) is 49.8 Å². The summed E-state index contributed by atoms with van der Waals surface area (Å²) in [5, 5.41) is 15.8. The number of benzene rings is 1. The average Bonchev–Trinajstić information content (AvgIpc) is 3.27. The monoisotopic (exact) mass is 328 g/mol. The molecule has 2 aromatic rings. The van der Waals surface area contributed by atoms with Crippen LogP contribution in [0.1, 0.15) is 46.9 Å². The molecule has 4 rings (SSSR count). The molecule has 1 saturated carbocycles. The fourth-order valence-corrected chi connectivity index (χ4v) is 3.45. The molecule has 0 radical (unpaired) electrons. The van der Waals surface area contributed by atoms with Gasteiger partial charge in [-0.3, -0.25) is 9.59 Å². The number of aryl methyl sites for hydroxylation is 1. The quantitative estimate of drug-likeness (QED) is 0.795. The van der Waals surface area contributed by atoms with Gasteiger partial charge in [0, 0.05) is 11.9 Å². The predicted octanol–water partition coefficient (Wildman–Crippen LogP) is 1.60. The van der Waals surface area contributed by atoms with Crippen LogP contribution < -0.4 is 10.6 Å². The van der Waals surface area contributed by atoms with E-state index in [1.807, 2.05) is 18.2 Å². The maximum absolute atomic E-state index is 12.8. The number of aliphatic hydroxyl groups is 1. The Labute approximate surface area is 139 Å². The Kier molecular flexibility index (Phi) is 3.38. The van der Waals surface area contributed by atoms with Crippen LogP contribution in [0.4, 0.5) is 0 Å². The molecule has 1 aromatic carbocycles. The molecule has 24 heavy (non-hydrogen) atoms. The Balaban J connectivity index is 1.72. The minimum Gasteiger partial charge on any atom is -0.461 e. The first kappa shape index (κ1) is 15.2. The van der Waals surface area contributed by atoms with E-state index >= 15 is 0 Å². The molecule has 0 bridgehead atoms. The highest BCUT2D eigenvalue weighted by molar-refractivity contribution is 6.09. The molecule has 6 nitrogen and oxygen atoms in total. The summed E-state index contributed by atoms with van der Waals surface area (Å²) in [6.07, 6.45) is 2.73. The SMILES string of the molecule is Cc1oc2ccc(C3CC3)cc2c1C(=O)NC1(CO)CCNC1=O. The van der Waals surface area contributed by atoms with Crippen LogP contribution in [-0.4, -0.2) is 35.6 Å². The number of amides is 2. The molecule has 6 heteroatoms. The Morgan fingerprint density at radius 1 is 1.46 bits per heavy atom. The number of furan rings is 1. The van der Waals surface area contributed by atoms with E-state index in [-0.39, 0.29) is 11.8 Å². The lowest BCUT2D eigenvalue weighted by molar-refractivity contribution is -0.125. The maximum Gasteiger partial charge on any atom is 0.256 e. The number of aliphatic hydroxyl groups excluding tert-OH is 1. The van der Waals surface area contributed by atoms with Crippen molar-refractivity contribution >= 4 is 22.8 Å². The van der Waals surface area contributed by atoms with Gasteiger partial charge in [0.2, 0.25) is 5.91 Å². The van der Waals surface area contributed by atoms with E-state index < -0.39 is 12.1 Å². The fourth-order valence-electron chi connectivity index (χ4n) is 3.45. The van der Waals surface area contributed by atoms with Gasteiger partial charge in [0.25, 0.3) is 5.91 Å². The average molecular weight is 328 g/mol. The lowest BCUT2D eigenvalue weighted by atomic mass is 9.97. The smallest absolute Gasteiger partial charge is 0.256 e. The highest BCUT2D eigenvalue weighted by Gasteiger charge is 2.44. The molecular formula is C18H20N2O4. The van der Waals surface area contributed by atoms with E-state index in [4.69, 9.17) is 4.42 Å². The zero-order valence-electron chi connectivity index (χ0n) is 13.5. The third-order valence-corrected chi connectivity index (χ3v) is 5.06. The minimum atomic E-state index is -1.25. The normalized spacial score (nSPS) is 23.5. The number of rotatable bonds is 4. The van der Waals surface area contributed by atoms with E-state index in [0.29, 0.717) is 35.8 Å². The number of hydrogen-bond donors (Lipinski definition) is 3. The molecule has 3 N–H and O–H groups in total. The van der Waals surface area contributed by atoms with Crippen molar-refractivity contribution in [1.29, 1.82) is 0 Å². The van der Waals surface area contributed by atoms with Crippen LogP contribution in [0.2, 0.25) is 0 Å². The molecule has 1 unspecified atom stereocenters. The molecule has 0 spiro atoms. The number of hydrogen-bond acceptors (Lipinski definition) is 4. The van der Waals surface area contributed by atoms with Gasteiger partial charge in [0.15, 0.2) is 0 Å². The summed E-state index contributed by atoms with van der Waals surface area (Å²) in [7, 11) is 0. The van der Waals surface area contributed by atoms with Gasteiger partial charge >= 0.3 is 0 Å². The molecule has 126 valence electrons. The second-order valence-electron chi connectivity index (χ2n) is 6.76. The molecule has 2 aliphatic rings. The van der Waals surface area contributed by atoms with Crippen LogP contribution in [0.5, 0.6) is 0 Å². The molecule has 2 amide bonds. The van der Waals surface area contributed by atoms with Crippen molar-refractivity contribution in [2.24, 2.45) is 0 Å². The maximum atomic E-state index is 12.8. The lowest BCUT2D eigenvalue weighted by Crippen LogP contribution is -2.56. The van der Waals surface area contributed by atoms with Crippen molar-refractivity contribution in [2.75, 3.05) is 13.2 Å². The van der Waals surface area contributed by atoms with Crippen LogP contribution in [0.25, 0.3) is 11.0 Å². The number of carbonyl (C=O) groups excluding carboxylic acids is 2. The van der Waals surface area contributed by atoms with Crippen molar-refractivity contribution in [3.63, 3.8) is 0 Å². The zero-order valence-corrected chi connectivity index (χ0v) is 13.5. The van der Waals surface area contributed by atoms with E-state index in [1.54, 1.807) is 6.92 Å². The first-order valence-electron chi connectivity index (χ1n) is 8.29. The van der Waals surface area contributed by atoms with Gasteiger partial charge < -0.3 is 20.2 Å². The van der Waals surface area contributed by atoms with Crippen molar-refractivity contribution in [2.45, 2.75) is 37.6 Å². The second-order valence-corrected chi connectivity index (χ2v) is 6.76. The van der Waals surface area contributed by atoms with Crippen LogP contribution in [0.15, 0.2) is 22.6 Å². The number of nitrogens with one attached hydrogen (secondary N) is 2. The van der Waals surface area contributed by atoms with Crippen molar-refractivity contribution < 1.29 is 19.1 Å². The molecule has 1 atom stereocenters. The third-order valence-electron chi connectivity index (χ3n) is 5.06. The minimum absolute atomic E-state index is 0.345. The zero-order chi connectivity index (χ0) is 16.9. The predicted molar refractivity (Wildman–Crippen MR) is 87.8 cm³/mol. The highest BCUT2D eigenvalue weighted by Crippen LogP contribution is 2.41. The first-order chi connectivity index (χ1) is 11.5. The first-order valence-corrected chi connectivity index (χ1v) is 8.29. The summed E-state index contributed by atoms with van der Waals surface area (Å²) < 4.78 is 5.71. The van der Waals surface area contributed by atoms with E-state index in [2.05, 4.69) is 10.6 Å². The molecule has 1 aromatic heterocycles. The molecule has 1 aliphatic carbocycles. The standard InChI is InChI=1S/C18H20N2O4/c1-10-15(16(22)20-18(9-21)6-7-19-17(18)23)13-8-12(11-2-3-11)4-5-14(13)24-10/h4-5,8,11,21H,2-3,6-7,9H2,1H3,(H,19,23)(H,20,22). The summed E-state index contributed by atoms with van der Waals surface area (Å²) in [6.45, 7) is 1.76. The van der Waals surface area contributed by atoms with Crippen LogP contribution in [0.3, 0.4) is 0 Å². The highest BCUT2D eigenvalue weighted by atomic mass is 16.3. The Morgan fingerprint density at radius 3 is 2.88 bits per heavy atom.